The van der Waals surface area contributed by atoms with E-state index < -0.39 is 0 Å². The predicted molar refractivity (Wildman–Crippen MR) is 69.5 cm³/mol. The van der Waals surface area contributed by atoms with Crippen LogP contribution >= 0.6 is 11.3 Å². The van der Waals surface area contributed by atoms with E-state index in [0.29, 0.717) is 5.13 Å². The van der Waals surface area contributed by atoms with E-state index >= 15 is 0 Å². The highest BCUT2D eigenvalue weighted by Crippen LogP contribution is 2.22. The molecule has 0 amide bonds. The first-order valence-corrected chi connectivity index (χ1v) is 5.91. The minimum Gasteiger partial charge on any atom is -0.375 e. The second kappa shape index (κ2) is 5.28. The molecule has 0 radical (unpaired) electrons. The lowest BCUT2D eigenvalue weighted by Gasteiger charge is -1.96. The summed E-state index contributed by atoms with van der Waals surface area (Å²) in [5.74, 6) is 5.67. The average molecular weight is 242 g/mol. The summed E-state index contributed by atoms with van der Waals surface area (Å²) in [6, 6.07) is 7.70. The van der Waals surface area contributed by atoms with Crippen molar-refractivity contribution < 1.29 is 4.79 Å². The van der Waals surface area contributed by atoms with E-state index in [1.807, 2.05) is 29.6 Å². The number of aromatic nitrogens is 1. The Balaban J connectivity index is 2.19. The summed E-state index contributed by atoms with van der Waals surface area (Å²) in [7, 11) is 0. The van der Waals surface area contributed by atoms with E-state index in [1.54, 1.807) is 0 Å². The molecule has 0 saturated carbocycles. The first-order valence-electron chi connectivity index (χ1n) is 5.03. The van der Waals surface area contributed by atoms with Crippen LogP contribution in [0.5, 0.6) is 0 Å². The van der Waals surface area contributed by atoms with Gasteiger partial charge in [-0.15, -0.1) is 11.3 Å². The number of thiazole rings is 1. The van der Waals surface area contributed by atoms with Crippen LogP contribution in [-0.4, -0.2) is 11.3 Å². The van der Waals surface area contributed by atoms with Gasteiger partial charge in [-0.25, -0.2) is 4.98 Å². The molecule has 0 aliphatic rings. The van der Waals surface area contributed by atoms with Crippen molar-refractivity contribution in [3.63, 3.8) is 0 Å². The number of hydrogen-bond donors (Lipinski definition) is 1. The van der Waals surface area contributed by atoms with E-state index in [0.717, 1.165) is 23.1 Å². The smallest absolute Gasteiger partial charge is 0.180 e. The third kappa shape index (κ3) is 2.92. The molecule has 2 N–H and O–H groups in total. The highest BCUT2D eigenvalue weighted by Gasteiger charge is 2.01. The van der Waals surface area contributed by atoms with Crippen molar-refractivity contribution in [3.05, 3.63) is 35.2 Å². The summed E-state index contributed by atoms with van der Waals surface area (Å²) in [6.07, 6.45) is 1.06. The first kappa shape index (κ1) is 11.4. The fourth-order valence-electron chi connectivity index (χ4n) is 1.34. The molecule has 0 atom stereocenters. The summed E-state index contributed by atoms with van der Waals surface area (Å²) in [4.78, 5) is 14.3. The Morgan fingerprint density at radius 3 is 2.71 bits per heavy atom. The van der Waals surface area contributed by atoms with Crippen molar-refractivity contribution in [3.8, 4) is 23.1 Å². The number of nitrogens with two attached hydrogens (primary N) is 1. The molecule has 0 bridgehead atoms. The molecule has 0 aliphatic carbocycles. The Labute approximate surface area is 103 Å². The van der Waals surface area contributed by atoms with Gasteiger partial charge < -0.3 is 10.5 Å². The van der Waals surface area contributed by atoms with E-state index in [9.17, 15) is 4.79 Å². The number of carbonyl (C=O) groups is 1. The standard InChI is InChI=1S/C13H10N2OS/c14-13-15-12(9-17-13)11-6-4-10(5-7-11)3-1-2-8-16/h4-9H,2H2,(H2,14,15). The molecule has 4 heteroatoms. The minimum absolute atomic E-state index is 0.268. The molecule has 1 aromatic heterocycles. The molecule has 2 aromatic rings. The van der Waals surface area contributed by atoms with Crippen molar-refractivity contribution in [1.82, 2.24) is 4.98 Å². The normalized spacial score (nSPS) is 9.41. The van der Waals surface area contributed by atoms with Crippen LogP contribution in [0.1, 0.15) is 12.0 Å². The van der Waals surface area contributed by atoms with Gasteiger partial charge in [-0.3, -0.25) is 0 Å². The van der Waals surface area contributed by atoms with Gasteiger partial charge in [0.1, 0.15) is 6.29 Å². The van der Waals surface area contributed by atoms with Crippen LogP contribution in [0.4, 0.5) is 5.13 Å². The lowest BCUT2D eigenvalue weighted by Crippen LogP contribution is -1.83. The largest absolute Gasteiger partial charge is 0.375 e. The maximum absolute atomic E-state index is 10.1. The summed E-state index contributed by atoms with van der Waals surface area (Å²) >= 11 is 1.42. The Kier molecular flexibility index (Phi) is 3.53. The van der Waals surface area contributed by atoms with Gasteiger partial charge in [0.05, 0.1) is 12.1 Å². The van der Waals surface area contributed by atoms with E-state index in [-0.39, 0.29) is 6.42 Å². The predicted octanol–water partition coefficient (Wildman–Crippen LogP) is 2.33. The maximum atomic E-state index is 10.1. The van der Waals surface area contributed by atoms with Crippen LogP contribution in [-0.2, 0) is 4.79 Å². The lowest BCUT2D eigenvalue weighted by atomic mass is 10.1. The highest BCUT2D eigenvalue weighted by atomic mass is 32.1. The van der Waals surface area contributed by atoms with Gasteiger partial charge in [-0.05, 0) is 12.1 Å². The summed E-state index contributed by atoms with van der Waals surface area (Å²) < 4.78 is 0. The molecule has 0 spiro atoms. The molecule has 0 aliphatic heterocycles. The van der Waals surface area contributed by atoms with Crippen molar-refractivity contribution >= 4 is 22.8 Å². The Bertz CT molecular complexity index is 575. The monoisotopic (exact) mass is 242 g/mol. The molecular weight excluding hydrogens is 232 g/mol. The molecule has 0 fully saturated rings. The highest BCUT2D eigenvalue weighted by molar-refractivity contribution is 7.13. The average Bonchev–Trinajstić information content (AvgIpc) is 2.77. The van der Waals surface area contributed by atoms with Crippen molar-refractivity contribution in [2.45, 2.75) is 6.42 Å². The van der Waals surface area contributed by atoms with Crippen molar-refractivity contribution in [2.24, 2.45) is 0 Å². The van der Waals surface area contributed by atoms with Crippen molar-refractivity contribution in [1.29, 1.82) is 0 Å². The van der Waals surface area contributed by atoms with Crippen molar-refractivity contribution in [2.75, 3.05) is 5.73 Å². The van der Waals surface area contributed by atoms with Crippen LogP contribution in [0.25, 0.3) is 11.3 Å². The molecule has 0 unspecified atom stereocenters. The van der Waals surface area contributed by atoms with Gasteiger partial charge in [-0.2, -0.15) is 0 Å². The summed E-state index contributed by atoms with van der Waals surface area (Å²) in [5, 5.41) is 2.48. The fraction of sp³-hybridized carbons (Fsp3) is 0.0769. The molecule has 2 rings (SSSR count). The number of rotatable bonds is 2. The van der Waals surface area contributed by atoms with Crippen LogP contribution < -0.4 is 5.73 Å². The first-order chi connectivity index (χ1) is 8.29. The molecule has 0 saturated heterocycles. The minimum atomic E-state index is 0.268. The number of benzene rings is 1. The lowest BCUT2D eigenvalue weighted by molar-refractivity contribution is -0.107. The van der Waals surface area contributed by atoms with Gasteiger partial charge in [0.2, 0.25) is 0 Å². The van der Waals surface area contributed by atoms with Gasteiger partial charge in [-0.1, -0.05) is 24.0 Å². The zero-order chi connectivity index (χ0) is 12.1. The second-order valence-electron chi connectivity index (χ2n) is 3.32. The Morgan fingerprint density at radius 1 is 1.35 bits per heavy atom. The number of aldehydes is 1. The SMILES string of the molecule is Nc1nc(-c2ccc(C#CCC=O)cc2)cs1. The number of nitrogen functional groups attached to an aromatic ring is 1. The van der Waals surface area contributed by atoms with Gasteiger partial charge >= 0.3 is 0 Å². The van der Waals surface area contributed by atoms with E-state index in [4.69, 9.17) is 5.73 Å². The Morgan fingerprint density at radius 2 is 2.12 bits per heavy atom. The number of anilines is 1. The summed E-state index contributed by atoms with van der Waals surface area (Å²) in [6.45, 7) is 0. The third-order valence-corrected chi connectivity index (χ3v) is 2.79. The fourth-order valence-corrected chi connectivity index (χ4v) is 1.91. The van der Waals surface area contributed by atoms with Crippen LogP contribution in [0.15, 0.2) is 29.6 Å². The van der Waals surface area contributed by atoms with Gasteiger partial charge in [0, 0.05) is 16.5 Å². The zero-order valence-corrected chi connectivity index (χ0v) is 9.83. The van der Waals surface area contributed by atoms with E-state index in [2.05, 4.69) is 16.8 Å². The Hall–Kier alpha value is -2.12. The molecule has 3 nitrogen and oxygen atoms in total. The number of hydrogen-bond acceptors (Lipinski definition) is 4. The molecular formula is C13H10N2OS. The number of nitrogens with zero attached hydrogens (tertiary/aromatic N) is 1. The maximum Gasteiger partial charge on any atom is 0.180 e. The second-order valence-corrected chi connectivity index (χ2v) is 4.21. The zero-order valence-electron chi connectivity index (χ0n) is 9.01. The van der Waals surface area contributed by atoms with Gasteiger partial charge in [0.25, 0.3) is 0 Å². The molecule has 1 heterocycles. The summed E-state index contributed by atoms with van der Waals surface area (Å²) in [5.41, 5.74) is 8.35. The van der Waals surface area contributed by atoms with Crippen LogP contribution in [0.2, 0.25) is 0 Å². The molecule has 17 heavy (non-hydrogen) atoms. The van der Waals surface area contributed by atoms with Gasteiger partial charge in [0.15, 0.2) is 5.13 Å². The third-order valence-electron chi connectivity index (χ3n) is 2.12. The molecule has 84 valence electrons. The topological polar surface area (TPSA) is 56.0 Å². The molecule has 1 aromatic carbocycles. The number of carbonyl (C=O) groups excluding carboxylic acids is 1. The van der Waals surface area contributed by atoms with Crippen LogP contribution in [0, 0.1) is 11.8 Å². The van der Waals surface area contributed by atoms with Crippen LogP contribution in [0.3, 0.4) is 0 Å². The quantitative estimate of drug-likeness (QED) is 0.649. The van der Waals surface area contributed by atoms with E-state index in [1.165, 1.54) is 11.3 Å².